The van der Waals surface area contributed by atoms with E-state index in [0.717, 1.165) is 12.0 Å². The second kappa shape index (κ2) is 5.75. The topological polar surface area (TPSA) is 64.9 Å². The summed E-state index contributed by atoms with van der Waals surface area (Å²) in [5, 5.41) is 4.04. The lowest BCUT2D eigenvalue weighted by Gasteiger charge is -2.25. The van der Waals surface area contributed by atoms with Crippen LogP contribution in [0.25, 0.3) is 11.4 Å². The average Bonchev–Trinajstić information content (AvgIpc) is 2.86. The van der Waals surface area contributed by atoms with Gasteiger partial charge in [-0.05, 0) is 17.4 Å². The molecule has 108 valence electrons. The molecule has 1 heterocycles. The molecule has 1 aromatic carbocycles. The van der Waals surface area contributed by atoms with E-state index in [4.69, 9.17) is 10.3 Å². The Labute approximate surface area is 120 Å². The molecular formula is C16H23N3O. The predicted octanol–water partition coefficient (Wildman–Crippen LogP) is 3.21. The monoisotopic (exact) mass is 273 g/mol. The van der Waals surface area contributed by atoms with Gasteiger partial charge in [-0.2, -0.15) is 4.98 Å². The summed E-state index contributed by atoms with van der Waals surface area (Å²) in [6.45, 7) is 8.46. The van der Waals surface area contributed by atoms with Crippen LogP contribution < -0.4 is 5.73 Å². The van der Waals surface area contributed by atoms with Crippen molar-refractivity contribution in [2.45, 2.75) is 46.6 Å². The summed E-state index contributed by atoms with van der Waals surface area (Å²) in [4.78, 5) is 4.43. The van der Waals surface area contributed by atoms with Crippen LogP contribution in [0.15, 0.2) is 28.8 Å². The van der Waals surface area contributed by atoms with Gasteiger partial charge < -0.3 is 10.3 Å². The number of nitrogens with zero attached hydrogens (tertiary/aromatic N) is 2. The Balaban J connectivity index is 2.12. The highest BCUT2D eigenvalue weighted by atomic mass is 16.5. The van der Waals surface area contributed by atoms with Crippen molar-refractivity contribution in [1.29, 1.82) is 0 Å². The lowest BCUT2D eigenvalue weighted by molar-refractivity contribution is 0.286. The fraction of sp³-hybridized carbons (Fsp3) is 0.500. The van der Waals surface area contributed by atoms with Crippen molar-refractivity contribution in [1.82, 2.24) is 10.1 Å². The molecule has 2 N–H and O–H groups in total. The van der Waals surface area contributed by atoms with Crippen molar-refractivity contribution in [3.05, 3.63) is 35.7 Å². The second-order valence-electron chi connectivity index (χ2n) is 6.24. The van der Waals surface area contributed by atoms with Gasteiger partial charge in [-0.15, -0.1) is 0 Å². The largest absolute Gasteiger partial charge is 0.339 e. The molecule has 2 aromatic rings. The molecule has 0 aliphatic rings. The van der Waals surface area contributed by atoms with Crippen molar-refractivity contribution < 1.29 is 4.52 Å². The summed E-state index contributed by atoms with van der Waals surface area (Å²) in [6, 6.07) is 8.23. The number of rotatable bonds is 4. The van der Waals surface area contributed by atoms with Crippen LogP contribution in [-0.4, -0.2) is 16.2 Å². The minimum atomic E-state index is -0.00160. The summed E-state index contributed by atoms with van der Waals surface area (Å²) >= 11 is 0. The lowest BCUT2D eigenvalue weighted by atomic mass is 9.85. The van der Waals surface area contributed by atoms with Crippen LogP contribution in [0.4, 0.5) is 0 Å². The van der Waals surface area contributed by atoms with Gasteiger partial charge in [0, 0.05) is 18.0 Å². The molecule has 0 radical (unpaired) electrons. The zero-order valence-electron chi connectivity index (χ0n) is 12.7. The Hall–Kier alpha value is -1.68. The first kappa shape index (κ1) is 14.7. The highest BCUT2D eigenvalue weighted by Gasteiger charge is 2.23. The number of nitrogens with two attached hydrogens (primary N) is 1. The van der Waals surface area contributed by atoms with Gasteiger partial charge in [0.15, 0.2) is 0 Å². The molecule has 0 saturated heterocycles. The molecule has 0 amide bonds. The normalized spacial score (nSPS) is 13.4. The van der Waals surface area contributed by atoms with Crippen LogP contribution in [0.5, 0.6) is 0 Å². The van der Waals surface area contributed by atoms with E-state index >= 15 is 0 Å². The van der Waals surface area contributed by atoms with Crippen molar-refractivity contribution in [3.8, 4) is 11.4 Å². The smallest absolute Gasteiger partial charge is 0.228 e. The van der Waals surface area contributed by atoms with Crippen LogP contribution in [-0.2, 0) is 12.8 Å². The van der Waals surface area contributed by atoms with Crippen molar-refractivity contribution in [2.75, 3.05) is 0 Å². The number of hydrogen-bond donors (Lipinski definition) is 1. The molecule has 0 spiro atoms. The number of benzene rings is 1. The minimum absolute atomic E-state index is 0.00160. The Bertz CT molecular complexity index is 552. The molecule has 20 heavy (non-hydrogen) atoms. The van der Waals surface area contributed by atoms with Gasteiger partial charge in [-0.3, -0.25) is 0 Å². The molecule has 0 saturated carbocycles. The molecule has 2 rings (SSSR count). The fourth-order valence-corrected chi connectivity index (χ4v) is 1.84. The quantitative estimate of drug-likeness (QED) is 0.929. The Morgan fingerprint density at radius 1 is 1.20 bits per heavy atom. The first-order valence-corrected chi connectivity index (χ1v) is 7.07. The maximum atomic E-state index is 6.14. The van der Waals surface area contributed by atoms with E-state index in [9.17, 15) is 0 Å². The maximum absolute atomic E-state index is 6.14. The van der Waals surface area contributed by atoms with Crippen LogP contribution in [0, 0.1) is 5.41 Å². The van der Waals surface area contributed by atoms with E-state index in [2.05, 4.69) is 50.0 Å². The summed E-state index contributed by atoms with van der Waals surface area (Å²) in [7, 11) is 0. The molecular weight excluding hydrogens is 250 g/mol. The zero-order valence-corrected chi connectivity index (χ0v) is 12.7. The Kier molecular flexibility index (Phi) is 4.23. The average molecular weight is 273 g/mol. The standard InChI is InChI=1S/C16H23N3O/c1-5-11-6-8-12(9-7-11)15-18-14(20-19-15)10-13(17)16(2,3)4/h6-9,13H,5,10,17H2,1-4H3. The van der Waals surface area contributed by atoms with Gasteiger partial charge in [0.05, 0.1) is 0 Å². The van der Waals surface area contributed by atoms with E-state index in [1.807, 2.05) is 12.1 Å². The number of hydrogen-bond acceptors (Lipinski definition) is 4. The molecule has 0 aliphatic heterocycles. The summed E-state index contributed by atoms with van der Waals surface area (Å²) in [5.74, 6) is 1.23. The van der Waals surface area contributed by atoms with Gasteiger partial charge >= 0.3 is 0 Å². The van der Waals surface area contributed by atoms with Gasteiger partial charge in [0.1, 0.15) is 0 Å². The predicted molar refractivity (Wildman–Crippen MR) is 80.2 cm³/mol. The van der Waals surface area contributed by atoms with E-state index in [1.54, 1.807) is 0 Å². The van der Waals surface area contributed by atoms with Crippen LogP contribution in [0.3, 0.4) is 0 Å². The SMILES string of the molecule is CCc1ccc(-c2noc(CC(N)C(C)(C)C)n2)cc1. The summed E-state index contributed by atoms with van der Waals surface area (Å²) in [5.41, 5.74) is 8.44. The first-order chi connectivity index (χ1) is 9.40. The third-order valence-corrected chi connectivity index (χ3v) is 3.60. The molecule has 1 unspecified atom stereocenters. The van der Waals surface area contributed by atoms with E-state index in [0.29, 0.717) is 18.1 Å². The van der Waals surface area contributed by atoms with Crippen LogP contribution in [0.1, 0.15) is 39.1 Å². The number of aromatic nitrogens is 2. The van der Waals surface area contributed by atoms with Crippen molar-refractivity contribution in [2.24, 2.45) is 11.1 Å². The number of aryl methyl sites for hydroxylation is 1. The highest BCUT2D eigenvalue weighted by molar-refractivity contribution is 5.54. The first-order valence-electron chi connectivity index (χ1n) is 7.07. The third kappa shape index (κ3) is 3.45. The molecule has 4 heteroatoms. The van der Waals surface area contributed by atoms with Gasteiger partial charge in [0.25, 0.3) is 0 Å². The molecule has 0 fully saturated rings. The zero-order chi connectivity index (χ0) is 14.8. The Morgan fingerprint density at radius 2 is 1.85 bits per heavy atom. The van der Waals surface area contributed by atoms with Gasteiger partial charge in [0.2, 0.25) is 11.7 Å². The third-order valence-electron chi connectivity index (χ3n) is 3.60. The van der Waals surface area contributed by atoms with Crippen LogP contribution in [0.2, 0.25) is 0 Å². The molecule has 0 aliphatic carbocycles. The van der Waals surface area contributed by atoms with Gasteiger partial charge in [-0.1, -0.05) is 57.1 Å². The van der Waals surface area contributed by atoms with Gasteiger partial charge in [-0.25, -0.2) is 0 Å². The maximum Gasteiger partial charge on any atom is 0.228 e. The summed E-state index contributed by atoms with van der Waals surface area (Å²) in [6.07, 6.45) is 1.63. The summed E-state index contributed by atoms with van der Waals surface area (Å²) < 4.78 is 5.30. The van der Waals surface area contributed by atoms with Crippen molar-refractivity contribution in [3.63, 3.8) is 0 Å². The van der Waals surface area contributed by atoms with Crippen molar-refractivity contribution >= 4 is 0 Å². The molecule has 4 nitrogen and oxygen atoms in total. The second-order valence-corrected chi connectivity index (χ2v) is 6.24. The highest BCUT2D eigenvalue weighted by Crippen LogP contribution is 2.22. The van der Waals surface area contributed by atoms with E-state index in [-0.39, 0.29) is 11.5 Å². The lowest BCUT2D eigenvalue weighted by Crippen LogP contribution is -2.36. The van der Waals surface area contributed by atoms with Crippen LogP contribution >= 0.6 is 0 Å². The fourth-order valence-electron chi connectivity index (χ4n) is 1.84. The molecule has 1 aromatic heterocycles. The van der Waals surface area contributed by atoms with E-state index in [1.165, 1.54) is 5.56 Å². The van der Waals surface area contributed by atoms with E-state index < -0.39 is 0 Å². The Morgan fingerprint density at radius 3 is 2.40 bits per heavy atom. The molecule has 1 atom stereocenters. The molecule has 0 bridgehead atoms. The minimum Gasteiger partial charge on any atom is -0.339 e.